The average molecular weight is 455 g/mol. The third-order valence-corrected chi connectivity index (χ3v) is 5.94. The lowest BCUT2D eigenvalue weighted by Gasteiger charge is -2.19. The summed E-state index contributed by atoms with van der Waals surface area (Å²) in [5.74, 6) is 0.0345. The van der Waals surface area contributed by atoms with E-state index in [2.05, 4.69) is 20.4 Å². The molecule has 0 aliphatic carbocycles. The summed E-state index contributed by atoms with van der Waals surface area (Å²) < 4.78 is 0. The Balaban J connectivity index is 0.00000289. The van der Waals surface area contributed by atoms with Crippen molar-refractivity contribution in [1.82, 2.24) is 15.1 Å². The number of hydrogen-bond donors (Lipinski definition) is 2. The molecule has 0 spiro atoms. The molecule has 2 aromatic carbocycles. The number of nitrogens with zero attached hydrogens (tertiary/aromatic N) is 2. The molecule has 0 unspecified atom stereocenters. The Morgan fingerprint density at radius 2 is 1.72 bits per heavy atom. The molecule has 1 saturated heterocycles. The summed E-state index contributed by atoms with van der Waals surface area (Å²) in [7, 11) is 0. The van der Waals surface area contributed by atoms with E-state index in [0.717, 1.165) is 36.0 Å². The van der Waals surface area contributed by atoms with Crippen molar-refractivity contribution in [2.75, 3.05) is 25.0 Å². The standard InChI is InChI=1S/C25H30N4O2.ClH/c30-23(14-5-8-17-29-15-6-1-2-7-16-29)26-20-11-9-10-19(18-20)24-21-12-3-4-13-22(21)25(31)28-27-24;/h3-4,9-13,18H,1-2,5-8,14-17H2,(H,26,30)(H,28,31);1H. The highest BCUT2D eigenvalue weighted by Crippen LogP contribution is 2.26. The van der Waals surface area contributed by atoms with Gasteiger partial charge in [0.2, 0.25) is 5.91 Å². The lowest BCUT2D eigenvalue weighted by molar-refractivity contribution is -0.116. The lowest BCUT2D eigenvalue weighted by atomic mass is 10.0. The molecule has 0 atom stereocenters. The van der Waals surface area contributed by atoms with Crippen LogP contribution in [0.1, 0.15) is 44.9 Å². The van der Waals surface area contributed by atoms with Crippen molar-refractivity contribution in [1.29, 1.82) is 0 Å². The summed E-state index contributed by atoms with van der Waals surface area (Å²) in [6.45, 7) is 3.49. The van der Waals surface area contributed by atoms with Gasteiger partial charge in [-0.2, -0.15) is 5.10 Å². The zero-order chi connectivity index (χ0) is 21.5. The van der Waals surface area contributed by atoms with Crippen molar-refractivity contribution in [2.24, 2.45) is 0 Å². The second kappa shape index (κ2) is 11.8. The largest absolute Gasteiger partial charge is 0.326 e. The first kappa shape index (κ1) is 24.0. The zero-order valence-electron chi connectivity index (χ0n) is 18.3. The number of halogens is 1. The van der Waals surface area contributed by atoms with Crippen molar-refractivity contribution in [3.05, 3.63) is 58.9 Å². The Labute approximate surface area is 194 Å². The van der Waals surface area contributed by atoms with Crippen LogP contribution in [0, 0.1) is 0 Å². The number of carbonyl (C=O) groups excluding carboxylic acids is 1. The van der Waals surface area contributed by atoms with Gasteiger partial charge in [0.25, 0.3) is 5.56 Å². The molecule has 1 aromatic heterocycles. The smallest absolute Gasteiger partial charge is 0.272 e. The van der Waals surface area contributed by atoms with E-state index in [1.54, 1.807) is 6.07 Å². The number of nitrogens with one attached hydrogen (secondary N) is 2. The van der Waals surface area contributed by atoms with Gasteiger partial charge in [0, 0.05) is 23.1 Å². The average Bonchev–Trinajstić information content (AvgIpc) is 3.06. The molecule has 0 radical (unpaired) electrons. The second-order valence-electron chi connectivity index (χ2n) is 8.29. The van der Waals surface area contributed by atoms with E-state index in [1.165, 1.54) is 38.8 Å². The number of likely N-dealkylation sites (tertiary alicyclic amines) is 1. The Bertz CT molecular complexity index is 1090. The minimum Gasteiger partial charge on any atom is -0.326 e. The zero-order valence-corrected chi connectivity index (χ0v) is 19.1. The van der Waals surface area contributed by atoms with Crippen LogP contribution in [-0.2, 0) is 4.79 Å². The molecule has 7 heteroatoms. The van der Waals surface area contributed by atoms with E-state index >= 15 is 0 Å². The van der Waals surface area contributed by atoms with Crippen LogP contribution in [0.4, 0.5) is 5.69 Å². The summed E-state index contributed by atoms with van der Waals surface area (Å²) in [5, 5.41) is 11.2. The van der Waals surface area contributed by atoms with Crippen LogP contribution in [0.25, 0.3) is 22.0 Å². The molecular formula is C25H31ClN4O2. The predicted molar refractivity (Wildman–Crippen MR) is 132 cm³/mol. The highest BCUT2D eigenvalue weighted by atomic mass is 35.5. The first-order valence-electron chi connectivity index (χ1n) is 11.3. The Kier molecular flexibility index (Phi) is 8.82. The normalized spacial score (nSPS) is 14.5. The number of amides is 1. The number of unbranched alkanes of at least 4 members (excludes halogenated alkanes) is 1. The van der Waals surface area contributed by atoms with Crippen LogP contribution < -0.4 is 10.9 Å². The molecule has 32 heavy (non-hydrogen) atoms. The van der Waals surface area contributed by atoms with E-state index < -0.39 is 0 Å². The number of benzene rings is 2. The molecular weight excluding hydrogens is 424 g/mol. The van der Waals surface area contributed by atoms with Crippen molar-refractivity contribution >= 4 is 34.8 Å². The summed E-state index contributed by atoms with van der Waals surface area (Å²) >= 11 is 0. The van der Waals surface area contributed by atoms with Gasteiger partial charge in [-0.15, -0.1) is 12.4 Å². The van der Waals surface area contributed by atoms with Gasteiger partial charge in [-0.25, -0.2) is 5.10 Å². The third kappa shape index (κ3) is 6.17. The number of fused-ring (bicyclic) bond motifs is 1. The van der Waals surface area contributed by atoms with E-state index in [-0.39, 0.29) is 23.9 Å². The molecule has 1 aliphatic rings. The molecule has 2 N–H and O–H groups in total. The quantitative estimate of drug-likeness (QED) is 0.492. The van der Waals surface area contributed by atoms with Crippen LogP contribution in [0.5, 0.6) is 0 Å². The molecule has 4 rings (SSSR count). The Morgan fingerprint density at radius 3 is 2.50 bits per heavy atom. The molecule has 3 aromatic rings. The SMILES string of the molecule is Cl.O=C(CCCCN1CCCCCC1)Nc1cccc(-c2n[nH]c(=O)c3ccccc23)c1. The van der Waals surface area contributed by atoms with Crippen LogP contribution in [0.15, 0.2) is 53.3 Å². The molecule has 1 amide bonds. The topological polar surface area (TPSA) is 78.1 Å². The number of anilines is 1. The van der Waals surface area contributed by atoms with Gasteiger partial charge in [-0.3, -0.25) is 9.59 Å². The van der Waals surface area contributed by atoms with E-state index in [4.69, 9.17) is 0 Å². The summed E-state index contributed by atoms with van der Waals surface area (Å²) in [4.78, 5) is 27.0. The van der Waals surface area contributed by atoms with Crippen molar-refractivity contribution in [3.63, 3.8) is 0 Å². The molecule has 0 saturated carbocycles. The monoisotopic (exact) mass is 454 g/mol. The summed E-state index contributed by atoms with van der Waals surface area (Å²) in [6, 6.07) is 15.0. The minimum atomic E-state index is -0.205. The molecule has 1 aliphatic heterocycles. The van der Waals surface area contributed by atoms with Gasteiger partial charge in [0.05, 0.1) is 11.1 Å². The maximum absolute atomic E-state index is 12.4. The molecule has 6 nitrogen and oxygen atoms in total. The molecule has 0 bridgehead atoms. The van der Waals surface area contributed by atoms with E-state index in [9.17, 15) is 9.59 Å². The second-order valence-corrected chi connectivity index (χ2v) is 8.29. The number of carbonyl (C=O) groups is 1. The fourth-order valence-corrected chi connectivity index (χ4v) is 4.28. The maximum Gasteiger partial charge on any atom is 0.272 e. The summed E-state index contributed by atoms with van der Waals surface area (Å²) in [6.07, 6.45) is 7.78. The molecule has 170 valence electrons. The van der Waals surface area contributed by atoms with Crippen LogP contribution >= 0.6 is 12.4 Å². The number of hydrogen-bond acceptors (Lipinski definition) is 4. The van der Waals surface area contributed by atoms with Crippen molar-refractivity contribution < 1.29 is 4.79 Å². The number of aromatic amines is 1. The molecule has 1 fully saturated rings. The lowest BCUT2D eigenvalue weighted by Crippen LogP contribution is -2.25. The highest BCUT2D eigenvalue weighted by Gasteiger charge is 2.11. The number of rotatable bonds is 7. The minimum absolute atomic E-state index is 0. The maximum atomic E-state index is 12.4. The fourth-order valence-electron chi connectivity index (χ4n) is 4.28. The Hall–Kier alpha value is -2.70. The first-order chi connectivity index (χ1) is 15.2. The molecule has 2 heterocycles. The van der Waals surface area contributed by atoms with Gasteiger partial charge in [-0.1, -0.05) is 43.2 Å². The highest BCUT2D eigenvalue weighted by molar-refractivity contribution is 5.95. The van der Waals surface area contributed by atoms with Gasteiger partial charge < -0.3 is 10.2 Å². The van der Waals surface area contributed by atoms with Gasteiger partial charge in [0.15, 0.2) is 0 Å². The number of H-pyrrole nitrogens is 1. The van der Waals surface area contributed by atoms with Gasteiger partial charge in [-0.05, 0) is 63.5 Å². The van der Waals surface area contributed by atoms with Gasteiger partial charge in [0.1, 0.15) is 0 Å². The van der Waals surface area contributed by atoms with Crippen LogP contribution in [-0.4, -0.2) is 40.6 Å². The van der Waals surface area contributed by atoms with E-state index in [0.29, 0.717) is 17.5 Å². The van der Waals surface area contributed by atoms with Crippen molar-refractivity contribution in [2.45, 2.75) is 44.9 Å². The fraction of sp³-hybridized carbons (Fsp3) is 0.400. The Morgan fingerprint density at radius 1 is 0.969 bits per heavy atom. The summed E-state index contributed by atoms with van der Waals surface area (Å²) in [5.41, 5.74) is 2.09. The van der Waals surface area contributed by atoms with Crippen LogP contribution in [0.3, 0.4) is 0 Å². The third-order valence-electron chi connectivity index (χ3n) is 5.94. The van der Waals surface area contributed by atoms with Crippen molar-refractivity contribution in [3.8, 4) is 11.3 Å². The van der Waals surface area contributed by atoms with E-state index in [1.807, 2.05) is 42.5 Å². The predicted octanol–water partition coefficient (Wildman–Crippen LogP) is 5.00. The van der Waals surface area contributed by atoms with Crippen LogP contribution in [0.2, 0.25) is 0 Å². The number of aromatic nitrogens is 2. The first-order valence-corrected chi connectivity index (χ1v) is 11.3. The van der Waals surface area contributed by atoms with Gasteiger partial charge >= 0.3 is 0 Å².